The van der Waals surface area contributed by atoms with E-state index in [0.717, 1.165) is 25.8 Å². The first-order valence-corrected chi connectivity index (χ1v) is 6.01. The van der Waals surface area contributed by atoms with E-state index in [4.69, 9.17) is 0 Å². The molecule has 88 valence electrons. The predicted molar refractivity (Wildman–Crippen MR) is 62.2 cm³/mol. The van der Waals surface area contributed by atoms with Crippen molar-refractivity contribution in [3.63, 3.8) is 0 Å². The molecule has 1 amide bonds. The minimum absolute atomic E-state index is 0.131. The van der Waals surface area contributed by atoms with Crippen LogP contribution in [0.4, 0.5) is 0 Å². The van der Waals surface area contributed by atoms with Crippen LogP contribution >= 0.6 is 0 Å². The zero-order valence-corrected chi connectivity index (χ0v) is 10.0. The van der Waals surface area contributed by atoms with Crippen LogP contribution in [0, 0.1) is 0 Å². The zero-order chi connectivity index (χ0) is 11.5. The molecule has 1 fully saturated rings. The lowest BCUT2D eigenvalue weighted by atomic mass is 10.00. The molecule has 2 rings (SSSR count). The monoisotopic (exact) mass is 221 g/mol. The number of carbonyl (C=O) groups is 1. The second kappa shape index (κ2) is 4.68. The molecule has 1 aromatic heterocycles. The third kappa shape index (κ3) is 1.96. The summed E-state index contributed by atoms with van der Waals surface area (Å²) in [4.78, 5) is 18.3. The molecular formula is C12H19N3O. The summed E-state index contributed by atoms with van der Waals surface area (Å²) in [5.74, 6) is 0.131. The van der Waals surface area contributed by atoms with E-state index in [2.05, 4.69) is 11.9 Å². The van der Waals surface area contributed by atoms with Gasteiger partial charge in [0.05, 0.1) is 12.5 Å². The molecule has 0 spiro atoms. The molecule has 0 bridgehead atoms. The highest BCUT2D eigenvalue weighted by molar-refractivity contribution is 5.92. The van der Waals surface area contributed by atoms with Crippen molar-refractivity contribution in [1.82, 2.24) is 14.5 Å². The van der Waals surface area contributed by atoms with Crippen LogP contribution in [0.1, 0.15) is 43.1 Å². The second-order valence-corrected chi connectivity index (χ2v) is 4.45. The Morgan fingerprint density at radius 1 is 1.56 bits per heavy atom. The molecule has 16 heavy (non-hydrogen) atoms. The molecular weight excluding hydrogens is 202 g/mol. The van der Waals surface area contributed by atoms with Gasteiger partial charge in [0, 0.05) is 19.6 Å². The van der Waals surface area contributed by atoms with Gasteiger partial charge in [0.25, 0.3) is 5.91 Å². The fourth-order valence-electron chi connectivity index (χ4n) is 2.40. The maximum Gasteiger partial charge on any atom is 0.272 e. The van der Waals surface area contributed by atoms with Gasteiger partial charge in [-0.25, -0.2) is 4.98 Å². The average molecular weight is 221 g/mol. The van der Waals surface area contributed by atoms with Gasteiger partial charge in [0.1, 0.15) is 5.69 Å². The molecule has 0 saturated carbocycles. The van der Waals surface area contributed by atoms with Crippen LogP contribution in [0.15, 0.2) is 12.5 Å². The Labute approximate surface area is 96.3 Å². The summed E-state index contributed by atoms with van der Waals surface area (Å²) < 4.78 is 1.80. The summed E-state index contributed by atoms with van der Waals surface area (Å²) in [7, 11) is 1.87. The van der Waals surface area contributed by atoms with E-state index in [1.807, 2.05) is 11.9 Å². The second-order valence-electron chi connectivity index (χ2n) is 4.45. The number of hydrogen-bond acceptors (Lipinski definition) is 2. The standard InChI is InChI=1S/C12H19N3O/c1-3-10-6-4-5-7-15(10)12(16)11-8-13-9-14(11)2/h8-10H,3-7H2,1-2H3. The van der Waals surface area contributed by atoms with E-state index in [1.165, 1.54) is 6.42 Å². The number of aromatic nitrogens is 2. The highest BCUT2D eigenvalue weighted by Gasteiger charge is 2.27. The Morgan fingerprint density at radius 2 is 2.38 bits per heavy atom. The van der Waals surface area contributed by atoms with Crippen LogP contribution in [0.25, 0.3) is 0 Å². The molecule has 2 heterocycles. The fourth-order valence-corrected chi connectivity index (χ4v) is 2.40. The number of piperidine rings is 1. The van der Waals surface area contributed by atoms with Crippen LogP contribution in [-0.2, 0) is 7.05 Å². The Balaban J connectivity index is 2.17. The first kappa shape index (κ1) is 11.2. The number of carbonyl (C=O) groups excluding carboxylic acids is 1. The number of aryl methyl sites for hydroxylation is 1. The summed E-state index contributed by atoms with van der Waals surface area (Å²) in [6, 6.07) is 0.413. The number of likely N-dealkylation sites (tertiary alicyclic amines) is 1. The molecule has 4 heteroatoms. The number of amides is 1. The van der Waals surface area contributed by atoms with E-state index in [1.54, 1.807) is 17.1 Å². The van der Waals surface area contributed by atoms with Gasteiger partial charge in [-0.05, 0) is 25.7 Å². The van der Waals surface area contributed by atoms with E-state index in [9.17, 15) is 4.79 Å². The topological polar surface area (TPSA) is 38.1 Å². The Morgan fingerprint density at radius 3 is 3.00 bits per heavy atom. The molecule has 0 N–H and O–H groups in total. The van der Waals surface area contributed by atoms with Gasteiger partial charge >= 0.3 is 0 Å². The van der Waals surface area contributed by atoms with Crippen LogP contribution in [-0.4, -0.2) is 32.9 Å². The van der Waals surface area contributed by atoms with E-state index < -0.39 is 0 Å². The molecule has 0 aliphatic carbocycles. The van der Waals surface area contributed by atoms with Gasteiger partial charge in [-0.3, -0.25) is 4.79 Å². The first-order chi connectivity index (χ1) is 7.74. The van der Waals surface area contributed by atoms with E-state index >= 15 is 0 Å². The van der Waals surface area contributed by atoms with Gasteiger partial charge in [0.2, 0.25) is 0 Å². The largest absolute Gasteiger partial charge is 0.334 e. The number of hydrogen-bond donors (Lipinski definition) is 0. The molecule has 1 aromatic rings. The van der Waals surface area contributed by atoms with E-state index in [0.29, 0.717) is 11.7 Å². The molecule has 1 atom stereocenters. The Hall–Kier alpha value is -1.32. The van der Waals surface area contributed by atoms with Crippen molar-refractivity contribution in [3.8, 4) is 0 Å². The first-order valence-electron chi connectivity index (χ1n) is 6.01. The highest BCUT2D eigenvalue weighted by atomic mass is 16.2. The average Bonchev–Trinajstić information content (AvgIpc) is 2.74. The molecule has 0 radical (unpaired) electrons. The number of rotatable bonds is 2. The summed E-state index contributed by atoms with van der Waals surface area (Å²) in [6.45, 7) is 3.04. The van der Waals surface area contributed by atoms with Crippen molar-refractivity contribution >= 4 is 5.91 Å². The predicted octanol–water partition coefficient (Wildman–Crippen LogP) is 1.82. The van der Waals surface area contributed by atoms with Crippen molar-refractivity contribution < 1.29 is 4.79 Å². The van der Waals surface area contributed by atoms with Crippen LogP contribution in [0.3, 0.4) is 0 Å². The molecule has 1 aliphatic heterocycles. The van der Waals surface area contributed by atoms with Crippen molar-refractivity contribution in [2.45, 2.75) is 38.6 Å². The van der Waals surface area contributed by atoms with Crippen molar-refractivity contribution in [3.05, 3.63) is 18.2 Å². The Bertz CT molecular complexity index is 372. The lowest BCUT2D eigenvalue weighted by Crippen LogP contribution is -2.43. The molecule has 1 saturated heterocycles. The summed E-state index contributed by atoms with van der Waals surface area (Å²) in [5, 5.41) is 0. The molecule has 1 unspecified atom stereocenters. The number of imidazole rings is 1. The van der Waals surface area contributed by atoms with E-state index in [-0.39, 0.29) is 5.91 Å². The van der Waals surface area contributed by atoms with Crippen molar-refractivity contribution in [1.29, 1.82) is 0 Å². The Kier molecular flexibility index (Phi) is 3.27. The fraction of sp³-hybridized carbons (Fsp3) is 0.667. The summed E-state index contributed by atoms with van der Waals surface area (Å²) >= 11 is 0. The molecule has 0 aromatic carbocycles. The lowest BCUT2D eigenvalue weighted by Gasteiger charge is -2.35. The van der Waals surface area contributed by atoms with Gasteiger partial charge in [-0.15, -0.1) is 0 Å². The smallest absolute Gasteiger partial charge is 0.272 e. The van der Waals surface area contributed by atoms with Gasteiger partial charge in [-0.2, -0.15) is 0 Å². The van der Waals surface area contributed by atoms with Crippen LogP contribution < -0.4 is 0 Å². The lowest BCUT2D eigenvalue weighted by molar-refractivity contribution is 0.0598. The molecule has 4 nitrogen and oxygen atoms in total. The normalized spacial score (nSPS) is 21.1. The number of nitrogens with zero attached hydrogens (tertiary/aromatic N) is 3. The third-order valence-electron chi connectivity index (χ3n) is 3.40. The van der Waals surface area contributed by atoms with Crippen molar-refractivity contribution in [2.75, 3.05) is 6.54 Å². The minimum atomic E-state index is 0.131. The van der Waals surface area contributed by atoms with Gasteiger partial charge in [0.15, 0.2) is 0 Å². The van der Waals surface area contributed by atoms with Gasteiger partial charge in [-0.1, -0.05) is 6.92 Å². The van der Waals surface area contributed by atoms with Crippen LogP contribution in [0.5, 0.6) is 0 Å². The van der Waals surface area contributed by atoms with Crippen molar-refractivity contribution in [2.24, 2.45) is 7.05 Å². The summed E-state index contributed by atoms with van der Waals surface area (Å²) in [6.07, 6.45) is 7.89. The zero-order valence-electron chi connectivity index (χ0n) is 10.0. The summed E-state index contributed by atoms with van der Waals surface area (Å²) in [5.41, 5.74) is 0.695. The highest BCUT2D eigenvalue weighted by Crippen LogP contribution is 2.21. The molecule has 1 aliphatic rings. The maximum atomic E-state index is 12.3. The SMILES string of the molecule is CCC1CCCCN1C(=O)c1cncn1C. The minimum Gasteiger partial charge on any atom is -0.334 e. The maximum absolute atomic E-state index is 12.3. The van der Waals surface area contributed by atoms with Crippen LogP contribution in [0.2, 0.25) is 0 Å². The third-order valence-corrected chi connectivity index (χ3v) is 3.40. The quantitative estimate of drug-likeness (QED) is 0.764. The van der Waals surface area contributed by atoms with Gasteiger partial charge < -0.3 is 9.47 Å².